The summed E-state index contributed by atoms with van der Waals surface area (Å²) in [6.45, 7) is 6.18. The standard InChI is InChI=1S/C21H24N2O.C10H13NO3.Co/c1-4-23-19-11-10-17(24-3)14-18(19)21(2,20(23)12-13-22)15-16-8-6-5-7-9-16;1-13-6-7-14-9-5-3-2-4-8(9)10(11)12;/h5-14,22H,4,15H2,1-3H3;2-5H,6-7H2,1H3,(H2,11,12);/b20-12-,22-13?;;. The molecule has 7 nitrogen and oxygen atoms in total. The largest absolute Gasteiger partial charge is 0.497 e. The van der Waals surface area contributed by atoms with E-state index in [4.69, 9.17) is 30.1 Å². The molecule has 0 spiro atoms. The van der Waals surface area contributed by atoms with Crippen molar-refractivity contribution < 1.29 is 36.1 Å². The van der Waals surface area contributed by atoms with Crippen molar-refractivity contribution in [2.75, 3.05) is 38.9 Å². The van der Waals surface area contributed by atoms with E-state index in [-0.39, 0.29) is 22.2 Å². The number of para-hydroxylation sites is 1. The summed E-state index contributed by atoms with van der Waals surface area (Å²) in [5.74, 6) is 0.884. The third kappa shape index (κ3) is 7.50. The Morgan fingerprint density at radius 3 is 2.31 bits per heavy atom. The van der Waals surface area contributed by atoms with Gasteiger partial charge in [0.05, 0.1) is 19.3 Å². The molecule has 1 unspecified atom stereocenters. The molecule has 1 aliphatic heterocycles. The number of aliphatic hydroxyl groups excluding tert-OH is 1. The van der Waals surface area contributed by atoms with E-state index < -0.39 is 5.90 Å². The van der Waals surface area contributed by atoms with E-state index in [0.29, 0.717) is 24.5 Å². The Morgan fingerprint density at radius 1 is 1.00 bits per heavy atom. The number of hydrogen-bond acceptors (Lipinski definition) is 6. The van der Waals surface area contributed by atoms with Crippen LogP contribution in [0.15, 0.2) is 84.6 Å². The molecule has 1 aliphatic rings. The molecule has 3 aromatic rings. The van der Waals surface area contributed by atoms with Crippen LogP contribution in [0.3, 0.4) is 0 Å². The van der Waals surface area contributed by atoms with Gasteiger partial charge < -0.3 is 29.6 Å². The number of benzene rings is 3. The van der Waals surface area contributed by atoms with Gasteiger partial charge in [-0.15, -0.1) is 0 Å². The Hall–Kier alpha value is -3.59. The van der Waals surface area contributed by atoms with Crippen molar-refractivity contribution in [2.24, 2.45) is 0 Å². The van der Waals surface area contributed by atoms with Gasteiger partial charge in [0, 0.05) is 53.4 Å². The Morgan fingerprint density at radius 2 is 1.69 bits per heavy atom. The van der Waals surface area contributed by atoms with E-state index in [0.717, 1.165) is 18.7 Å². The molecular formula is C31H37CoN3O4. The predicted octanol–water partition coefficient (Wildman–Crippen LogP) is 6.16. The van der Waals surface area contributed by atoms with Gasteiger partial charge in [0.15, 0.2) is 0 Å². The summed E-state index contributed by atoms with van der Waals surface area (Å²) >= 11 is 0. The third-order valence-electron chi connectivity index (χ3n) is 6.59. The van der Waals surface area contributed by atoms with Gasteiger partial charge in [-0.25, -0.2) is 0 Å². The zero-order valence-electron chi connectivity index (χ0n) is 22.9. The number of allylic oxidation sites excluding steroid dienone is 2. The molecule has 0 saturated carbocycles. The number of aliphatic hydroxyl groups is 1. The monoisotopic (exact) mass is 574 g/mol. The first-order valence-corrected chi connectivity index (χ1v) is 12.6. The minimum Gasteiger partial charge on any atom is -0.497 e. The van der Waals surface area contributed by atoms with Crippen molar-refractivity contribution >= 4 is 17.8 Å². The van der Waals surface area contributed by atoms with Crippen LogP contribution in [-0.4, -0.2) is 51.2 Å². The average Bonchev–Trinajstić information content (AvgIpc) is 3.16. The molecule has 0 aromatic heterocycles. The van der Waals surface area contributed by atoms with Gasteiger partial charge in [-0.05, 0) is 67.8 Å². The molecule has 0 saturated heterocycles. The van der Waals surface area contributed by atoms with E-state index in [9.17, 15) is 0 Å². The van der Waals surface area contributed by atoms with Crippen molar-refractivity contribution in [2.45, 2.75) is 25.7 Å². The minimum absolute atomic E-state index is 0. The molecule has 4 rings (SSSR count). The molecule has 0 bridgehead atoms. The fourth-order valence-electron chi connectivity index (χ4n) is 4.79. The number of nitrogens with one attached hydrogen (secondary N) is 2. The van der Waals surface area contributed by atoms with Crippen LogP contribution in [0.1, 0.15) is 30.5 Å². The summed E-state index contributed by atoms with van der Waals surface area (Å²) < 4.78 is 15.6. The van der Waals surface area contributed by atoms with Gasteiger partial charge >= 0.3 is 0 Å². The quantitative estimate of drug-likeness (QED) is 0.153. The summed E-state index contributed by atoms with van der Waals surface area (Å²) in [5.41, 5.74) is 5.16. The zero-order valence-corrected chi connectivity index (χ0v) is 23.9. The molecule has 0 fully saturated rings. The van der Waals surface area contributed by atoms with Crippen molar-refractivity contribution in [3.05, 3.63) is 101 Å². The Kier molecular flexibility index (Phi) is 12.3. The third-order valence-corrected chi connectivity index (χ3v) is 6.59. The molecule has 1 atom stereocenters. The summed E-state index contributed by atoms with van der Waals surface area (Å²) in [7, 11) is 3.29. The van der Waals surface area contributed by atoms with Gasteiger partial charge in [0.1, 0.15) is 18.1 Å². The molecule has 0 aliphatic carbocycles. The van der Waals surface area contributed by atoms with Crippen molar-refractivity contribution in [1.82, 2.24) is 0 Å². The summed E-state index contributed by atoms with van der Waals surface area (Å²) in [6, 6.07) is 23.7. The van der Waals surface area contributed by atoms with Crippen LogP contribution < -0.4 is 14.4 Å². The van der Waals surface area contributed by atoms with Gasteiger partial charge in [0.25, 0.3) is 0 Å². The second-order valence-electron chi connectivity index (χ2n) is 9.03. The fourth-order valence-corrected chi connectivity index (χ4v) is 4.79. The number of ether oxygens (including phenoxy) is 3. The molecule has 39 heavy (non-hydrogen) atoms. The average molecular weight is 575 g/mol. The van der Waals surface area contributed by atoms with Gasteiger partial charge in [-0.1, -0.05) is 42.5 Å². The van der Waals surface area contributed by atoms with Crippen LogP contribution in [0.5, 0.6) is 11.5 Å². The molecule has 1 heterocycles. The molecule has 3 aromatic carbocycles. The first-order valence-electron chi connectivity index (χ1n) is 12.6. The van der Waals surface area contributed by atoms with Crippen molar-refractivity contribution in [1.29, 1.82) is 10.8 Å². The van der Waals surface area contributed by atoms with Crippen LogP contribution in [0.2, 0.25) is 0 Å². The smallest absolute Gasteiger partial charge is 0.214 e. The molecular weight excluding hydrogens is 537 g/mol. The second kappa shape index (κ2) is 15.1. The van der Waals surface area contributed by atoms with Gasteiger partial charge in [-0.3, -0.25) is 5.41 Å². The molecule has 1 radical (unpaired) electrons. The van der Waals surface area contributed by atoms with Gasteiger partial charge in [0.2, 0.25) is 5.90 Å². The Bertz CT molecular complexity index is 1270. The van der Waals surface area contributed by atoms with E-state index >= 15 is 0 Å². The van der Waals surface area contributed by atoms with Crippen LogP contribution in [-0.2, 0) is 33.4 Å². The summed E-state index contributed by atoms with van der Waals surface area (Å²) in [6.07, 6.45) is 4.22. The van der Waals surface area contributed by atoms with Crippen LogP contribution in [0.25, 0.3) is 0 Å². The Labute approximate surface area is 241 Å². The number of hydrogen-bond donors (Lipinski definition) is 3. The number of methoxy groups -OCH3 is 2. The first kappa shape index (κ1) is 31.6. The summed E-state index contributed by atoms with van der Waals surface area (Å²) in [5, 5.41) is 23.8. The van der Waals surface area contributed by atoms with E-state index in [2.05, 4.69) is 55.1 Å². The number of likely N-dealkylation sites (N-methyl/N-ethyl adjacent to an activating group) is 1. The van der Waals surface area contributed by atoms with Gasteiger partial charge in [-0.2, -0.15) is 0 Å². The maximum Gasteiger partial charge on any atom is 0.214 e. The van der Waals surface area contributed by atoms with Crippen molar-refractivity contribution in [3.63, 3.8) is 0 Å². The van der Waals surface area contributed by atoms with E-state index in [1.54, 1.807) is 38.5 Å². The predicted molar refractivity (Wildman–Crippen MR) is 154 cm³/mol. The minimum atomic E-state index is -0.488. The van der Waals surface area contributed by atoms with Crippen LogP contribution in [0.4, 0.5) is 5.69 Å². The first-order chi connectivity index (χ1) is 18.4. The molecule has 8 heteroatoms. The number of anilines is 1. The number of nitrogens with zero attached hydrogens (tertiary/aromatic N) is 1. The fraction of sp³-hybridized carbons (Fsp3) is 0.290. The maximum atomic E-state index is 9.03. The maximum absolute atomic E-state index is 9.03. The SMILES string of the molecule is CCN1/C(=C\C=N)C(C)(Cc2ccccc2)c2cc(OC)ccc21.COCCOc1ccccc1C(=N)O.[Co]. The van der Waals surface area contributed by atoms with E-state index in [1.807, 2.05) is 18.2 Å². The number of fused-ring (bicyclic) bond motifs is 1. The van der Waals surface area contributed by atoms with Crippen molar-refractivity contribution in [3.8, 4) is 11.5 Å². The van der Waals surface area contributed by atoms with E-state index in [1.165, 1.54) is 28.7 Å². The molecule has 0 amide bonds. The topological polar surface area (TPSA) is 98.9 Å². The zero-order chi connectivity index (χ0) is 27.5. The molecule has 209 valence electrons. The Balaban J connectivity index is 0.000000306. The van der Waals surface area contributed by atoms with Crippen LogP contribution >= 0.6 is 0 Å². The number of rotatable bonds is 10. The van der Waals surface area contributed by atoms with Crippen LogP contribution in [0, 0.1) is 10.8 Å². The molecule has 3 N–H and O–H groups in total. The second-order valence-corrected chi connectivity index (χ2v) is 9.03. The summed E-state index contributed by atoms with van der Waals surface area (Å²) in [4.78, 5) is 2.31. The normalized spacial score (nSPS) is 16.4.